The highest BCUT2D eigenvalue weighted by Gasteiger charge is 2.20. The lowest BCUT2D eigenvalue weighted by Gasteiger charge is -2.20. The lowest BCUT2D eigenvalue weighted by molar-refractivity contribution is -0.120. The summed E-state index contributed by atoms with van der Waals surface area (Å²) in [6.45, 7) is 2.89. The van der Waals surface area contributed by atoms with E-state index >= 15 is 0 Å². The Morgan fingerprint density at radius 1 is 1.19 bits per heavy atom. The quantitative estimate of drug-likeness (QED) is 0.624. The van der Waals surface area contributed by atoms with E-state index in [2.05, 4.69) is 20.9 Å². The highest BCUT2D eigenvalue weighted by Crippen LogP contribution is 2.22. The average Bonchev–Trinajstić information content (AvgIpc) is 3.10. The molecule has 1 atom stereocenters. The predicted octanol–water partition coefficient (Wildman–Crippen LogP) is 1.73. The van der Waals surface area contributed by atoms with Gasteiger partial charge in [0, 0.05) is 39.0 Å². The number of urea groups is 1. The van der Waals surface area contributed by atoms with Crippen molar-refractivity contribution >= 4 is 11.9 Å². The average molecular weight is 373 g/mol. The number of nitrogens with zero attached hydrogens (tertiary/aromatic N) is 2. The van der Waals surface area contributed by atoms with Crippen LogP contribution in [-0.4, -0.2) is 41.7 Å². The molecule has 0 fully saturated rings. The van der Waals surface area contributed by atoms with Crippen LogP contribution in [0.3, 0.4) is 0 Å². The van der Waals surface area contributed by atoms with E-state index in [1.54, 1.807) is 13.3 Å². The zero-order valence-corrected chi connectivity index (χ0v) is 16.0. The van der Waals surface area contributed by atoms with Gasteiger partial charge in [0.2, 0.25) is 5.91 Å². The minimum Gasteiger partial charge on any atom is -0.497 e. The van der Waals surface area contributed by atoms with Gasteiger partial charge in [-0.3, -0.25) is 4.79 Å². The van der Waals surface area contributed by atoms with Gasteiger partial charge in [0.25, 0.3) is 0 Å². The third-order valence-electron chi connectivity index (χ3n) is 4.05. The van der Waals surface area contributed by atoms with Gasteiger partial charge < -0.3 is 25.3 Å². The van der Waals surface area contributed by atoms with Gasteiger partial charge in [-0.25, -0.2) is 9.78 Å². The van der Waals surface area contributed by atoms with Crippen molar-refractivity contribution in [3.63, 3.8) is 0 Å². The first-order valence-electron chi connectivity index (χ1n) is 8.97. The molecule has 1 aromatic heterocycles. The lowest BCUT2D eigenvalue weighted by atomic mass is 10.1. The fourth-order valence-corrected chi connectivity index (χ4v) is 2.57. The minimum absolute atomic E-state index is 0.0760. The van der Waals surface area contributed by atoms with Gasteiger partial charge in [-0.2, -0.15) is 0 Å². The highest BCUT2D eigenvalue weighted by atomic mass is 16.5. The smallest absolute Gasteiger partial charge is 0.315 e. The summed E-state index contributed by atoms with van der Waals surface area (Å²) in [5.74, 6) is 1.36. The van der Waals surface area contributed by atoms with Gasteiger partial charge in [0.15, 0.2) is 0 Å². The Balaban J connectivity index is 2.01. The second kappa shape index (κ2) is 10.2. The van der Waals surface area contributed by atoms with Gasteiger partial charge in [-0.1, -0.05) is 19.1 Å². The molecular weight excluding hydrogens is 346 g/mol. The van der Waals surface area contributed by atoms with E-state index in [1.807, 2.05) is 49.0 Å². The van der Waals surface area contributed by atoms with Gasteiger partial charge in [-0.15, -0.1) is 0 Å². The van der Waals surface area contributed by atoms with Crippen molar-refractivity contribution in [2.75, 3.05) is 20.2 Å². The van der Waals surface area contributed by atoms with Crippen molar-refractivity contribution in [1.82, 2.24) is 25.5 Å². The van der Waals surface area contributed by atoms with Crippen LogP contribution in [0.5, 0.6) is 5.75 Å². The Labute approximate surface area is 159 Å². The number of aryl methyl sites for hydroxylation is 1. The third-order valence-corrected chi connectivity index (χ3v) is 4.05. The van der Waals surface area contributed by atoms with E-state index in [1.165, 1.54) is 0 Å². The van der Waals surface area contributed by atoms with E-state index in [-0.39, 0.29) is 24.9 Å². The van der Waals surface area contributed by atoms with Crippen molar-refractivity contribution in [1.29, 1.82) is 0 Å². The number of nitrogens with one attached hydrogen (secondary N) is 3. The molecule has 1 heterocycles. The number of rotatable bonds is 9. The van der Waals surface area contributed by atoms with Crippen molar-refractivity contribution in [3.05, 3.63) is 48.0 Å². The normalized spacial score (nSPS) is 11.5. The first kappa shape index (κ1) is 20.3. The molecule has 2 rings (SSSR count). The molecule has 146 valence electrons. The van der Waals surface area contributed by atoms with E-state index in [0.717, 1.165) is 17.7 Å². The van der Waals surface area contributed by atoms with Crippen molar-refractivity contribution < 1.29 is 14.3 Å². The molecule has 3 amide bonds. The van der Waals surface area contributed by atoms with Crippen LogP contribution >= 0.6 is 0 Å². The molecule has 1 unspecified atom stereocenters. The largest absolute Gasteiger partial charge is 0.497 e. The zero-order valence-electron chi connectivity index (χ0n) is 16.0. The summed E-state index contributed by atoms with van der Waals surface area (Å²) in [4.78, 5) is 28.3. The maximum Gasteiger partial charge on any atom is 0.315 e. The number of imidazole rings is 1. The van der Waals surface area contributed by atoms with Crippen LogP contribution in [0.1, 0.15) is 37.2 Å². The van der Waals surface area contributed by atoms with E-state index in [0.29, 0.717) is 12.4 Å². The molecule has 1 aromatic carbocycles. The molecule has 8 nitrogen and oxygen atoms in total. The van der Waals surface area contributed by atoms with Crippen LogP contribution in [-0.2, 0) is 11.8 Å². The summed E-state index contributed by atoms with van der Waals surface area (Å²) in [6.07, 6.45) is 4.63. The number of ether oxygens (including phenoxy) is 1. The third kappa shape index (κ3) is 6.02. The number of carbonyl (C=O) groups excluding carboxylic acids is 2. The fourth-order valence-electron chi connectivity index (χ4n) is 2.57. The van der Waals surface area contributed by atoms with Gasteiger partial charge >= 0.3 is 6.03 Å². The number of aromatic nitrogens is 2. The number of methoxy groups -OCH3 is 1. The molecule has 0 bridgehead atoms. The van der Waals surface area contributed by atoms with E-state index in [4.69, 9.17) is 4.74 Å². The van der Waals surface area contributed by atoms with E-state index in [9.17, 15) is 9.59 Å². The van der Waals surface area contributed by atoms with Gasteiger partial charge in [0.1, 0.15) is 17.6 Å². The Bertz CT molecular complexity index is 742. The predicted molar refractivity (Wildman–Crippen MR) is 102 cm³/mol. The van der Waals surface area contributed by atoms with Gasteiger partial charge in [-0.05, 0) is 24.1 Å². The summed E-state index contributed by atoms with van der Waals surface area (Å²) < 4.78 is 7.04. The molecule has 0 aliphatic rings. The number of carbonyl (C=O) groups is 2. The maximum atomic E-state index is 12.3. The lowest BCUT2D eigenvalue weighted by Crippen LogP contribution is -2.40. The van der Waals surface area contributed by atoms with Crippen LogP contribution in [0, 0.1) is 0 Å². The minimum atomic E-state index is -0.426. The van der Waals surface area contributed by atoms with Crippen LogP contribution < -0.4 is 20.7 Å². The molecule has 27 heavy (non-hydrogen) atoms. The summed E-state index contributed by atoms with van der Waals surface area (Å²) in [7, 11) is 3.48. The molecule has 0 aliphatic heterocycles. The SMILES string of the molecule is CCCNC(=O)CCNC(=O)NC(c1ccc(OC)cc1)c1nccn1C. The molecule has 3 N–H and O–H groups in total. The van der Waals surface area contributed by atoms with Crippen LogP contribution in [0.15, 0.2) is 36.7 Å². The molecule has 8 heteroatoms. The molecule has 0 radical (unpaired) electrons. The first-order valence-corrected chi connectivity index (χ1v) is 8.97. The Morgan fingerprint density at radius 2 is 1.93 bits per heavy atom. The molecular formula is C19H27N5O3. The second-order valence-corrected chi connectivity index (χ2v) is 6.10. The van der Waals surface area contributed by atoms with Crippen LogP contribution in [0.4, 0.5) is 4.79 Å². The summed E-state index contributed by atoms with van der Waals surface area (Å²) in [6, 6.07) is 6.66. The Morgan fingerprint density at radius 3 is 2.52 bits per heavy atom. The number of hydrogen-bond donors (Lipinski definition) is 3. The topological polar surface area (TPSA) is 97.3 Å². The van der Waals surface area contributed by atoms with Crippen molar-refractivity contribution in [3.8, 4) is 5.75 Å². The van der Waals surface area contributed by atoms with Crippen LogP contribution in [0.25, 0.3) is 0 Å². The summed E-state index contributed by atoms with van der Waals surface area (Å²) >= 11 is 0. The molecule has 0 aliphatic carbocycles. The second-order valence-electron chi connectivity index (χ2n) is 6.10. The molecule has 0 saturated heterocycles. The summed E-state index contributed by atoms with van der Waals surface area (Å²) in [5, 5.41) is 8.42. The Hall–Kier alpha value is -3.03. The Kier molecular flexibility index (Phi) is 7.66. The fraction of sp³-hybridized carbons (Fsp3) is 0.421. The number of benzene rings is 1. The molecule has 0 saturated carbocycles. The van der Waals surface area contributed by atoms with Crippen molar-refractivity contribution in [2.24, 2.45) is 7.05 Å². The van der Waals surface area contributed by atoms with Crippen LogP contribution in [0.2, 0.25) is 0 Å². The first-order chi connectivity index (χ1) is 13.0. The van der Waals surface area contributed by atoms with E-state index < -0.39 is 6.04 Å². The summed E-state index contributed by atoms with van der Waals surface area (Å²) in [5.41, 5.74) is 0.876. The standard InChI is InChI=1S/C19H27N5O3/c1-4-10-20-16(25)9-11-22-19(26)23-17(18-21-12-13-24(18)2)14-5-7-15(27-3)8-6-14/h5-8,12-13,17H,4,9-11H2,1-3H3,(H,20,25)(H2,22,23,26). The zero-order chi connectivity index (χ0) is 19.6. The number of amides is 3. The number of hydrogen-bond acceptors (Lipinski definition) is 4. The molecule has 0 spiro atoms. The van der Waals surface area contributed by atoms with Crippen molar-refractivity contribution in [2.45, 2.75) is 25.8 Å². The van der Waals surface area contributed by atoms with Gasteiger partial charge in [0.05, 0.1) is 7.11 Å². The monoisotopic (exact) mass is 373 g/mol. The maximum absolute atomic E-state index is 12.3. The molecule has 2 aromatic rings. The highest BCUT2D eigenvalue weighted by molar-refractivity contribution is 5.78.